The summed E-state index contributed by atoms with van der Waals surface area (Å²) in [5, 5.41) is 11.3. The Hall–Kier alpha value is -1.45. The molecule has 3 aliphatic carbocycles. The first-order chi connectivity index (χ1) is 13.0. The number of carbonyl (C=O) groups is 1. The highest BCUT2D eigenvalue weighted by Crippen LogP contribution is 2.63. The van der Waals surface area contributed by atoms with Gasteiger partial charge in [-0.2, -0.15) is 0 Å². The molecule has 2 fully saturated rings. The molecule has 0 heterocycles. The predicted octanol–water partition coefficient (Wildman–Crippen LogP) is 4.54. The Morgan fingerprint density at radius 3 is 2.81 bits per heavy atom. The number of ketones is 1. The molecule has 0 amide bonds. The van der Waals surface area contributed by atoms with E-state index in [-0.39, 0.29) is 11.2 Å². The molecule has 6 atom stereocenters. The molecule has 0 aliphatic heterocycles. The SMILES string of the molecule is C[C@@H]1C=CC[C@]2(C)[C@H]3CCC(=O)C[C@]3(COCc3ccccc3)[C@H](O)C[C@@H]12. The molecule has 1 aromatic carbocycles. The van der Waals surface area contributed by atoms with Crippen LogP contribution in [0.3, 0.4) is 0 Å². The van der Waals surface area contributed by atoms with Gasteiger partial charge in [0.25, 0.3) is 0 Å². The van der Waals surface area contributed by atoms with Crippen molar-refractivity contribution in [2.45, 2.75) is 58.7 Å². The van der Waals surface area contributed by atoms with Gasteiger partial charge in [0.05, 0.1) is 19.3 Å². The third-order valence-electron chi connectivity index (χ3n) is 7.83. The second-order valence-corrected chi connectivity index (χ2v) is 9.37. The first-order valence-electron chi connectivity index (χ1n) is 10.4. The number of carbonyl (C=O) groups excluding carboxylic acids is 1. The van der Waals surface area contributed by atoms with Crippen LogP contribution in [0.5, 0.6) is 0 Å². The summed E-state index contributed by atoms with van der Waals surface area (Å²) in [7, 11) is 0. The molecule has 0 radical (unpaired) electrons. The Kier molecular flexibility index (Phi) is 5.02. The van der Waals surface area contributed by atoms with Crippen LogP contribution in [-0.2, 0) is 16.1 Å². The van der Waals surface area contributed by atoms with Crippen molar-refractivity contribution in [2.24, 2.45) is 28.6 Å². The molecule has 0 bridgehead atoms. The molecule has 27 heavy (non-hydrogen) atoms. The third kappa shape index (κ3) is 3.19. The van der Waals surface area contributed by atoms with Gasteiger partial charge in [0.1, 0.15) is 5.78 Å². The highest BCUT2D eigenvalue weighted by Gasteiger charge is 2.62. The number of allylic oxidation sites excluding steroid dienone is 2. The van der Waals surface area contributed by atoms with Gasteiger partial charge in [-0.1, -0.05) is 56.3 Å². The lowest BCUT2D eigenvalue weighted by molar-refractivity contribution is -0.197. The van der Waals surface area contributed by atoms with Gasteiger partial charge in [-0.3, -0.25) is 4.79 Å². The Morgan fingerprint density at radius 1 is 1.26 bits per heavy atom. The molecule has 3 heteroatoms. The standard InChI is InChI=1S/C24H32O3/c1-17-7-6-12-23(2)20(17)13-22(26)24(14-19(25)10-11-21(23)24)16-27-15-18-8-4-3-5-9-18/h3-9,17,20-22,26H,10-16H2,1-2H3/t17-,20+,21-,22-,23+,24-/m1/s1. The van der Waals surface area contributed by atoms with Gasteiger partial charge < -0.3 is 9.84 Å². The van der Waals surface area contributed by atoms with Gasteiger partial charge in [0.2, 0.25) is 0 Å². The molecule has 3 nitrogen and oxygen atoms in total. The van der Waals surface area contributed by atoms with E-state index in [0.717, 1.165) is 24.8 Å². The zero-order chi connectivity index (χ0) is 19.1. The lowest BCUT2D eigenvalue weighted by Gasteiger charge is -2.62. The average molecular weight is 369 g/mol. The zero-order valence-corrected chi connectivity index (χ0v) is 16.6. The van der Waals surface area contributed by atoms with Crippen molar-refractivity contribution in [3.63, 3.8) is 0 Å². The van der Waals surface area contributed by atoms with E-state index < -0.39 is 11.5 Å². The van der Waals surface area contributed by atoms with Crippen LogP contribution in [-0.4, -0.2) is 23.6 Å². The van der Waals surface area contributed by atoms with Crippen LogP contribution >= 0.6 is 0 Å². The van der Waals surface area contributed by atoms with Crippen molar-refractivity contribution in [3.05, 3.63) is 48.0 Å². The fourth-order valence-corrected chi connectivity index (χ4v) is 6.47. The summed E-state index contributed by atoms with van der Waals surface area (Å²) in [6.07, 6.45) is 8.00. The monoisotopic (exact) mass is 368 g/mol. The molecule has 0 spiro atoms. The highest BCUT2D eigenvalue weighted by molar-refractivity contribution is 5.80. The van der Waals surface area contributed by atoms with Crippen molar-refractivity contribution >= 4 is 5.78 Å². The van der Waals surface area contributed by atoms with E-state index >= 15 is 0 Å². The summed E-state index contributed by atoms with van der Waals surface area (Å²) < 4.78 is 6.16. The molecule has 2 saturated carbocycles. The molecule has 0 unspecified atom stereocenters. The third-order valence-corrected chi connectivity index (χ3v) is 7.83. The van der Waals surface area contributed by atoms with Gasteiger partial charge in [-0.25, -0.2) is 0 Å². The van der Waals surface area contributed by atoms with Gasteiger partial charge in [-0.15, -0.1) is 0 Å². The number of aliphatic hydroxyl groups is 1. The van der Waals surface area contributed by atoms with Crippen LogP contribution in [0.2, 0.25) is 0 Å². The maximum atomic E-state index is 12.4. The van der Waals surface area contributed by atoms with Crippen molar-refractivity contribution in [2.75, 3.05) is 6.61 Å². The van der Waals surface area contributed by atoms with Crippen LogP contribution in [0.4, 0.5) is 0 Å². The summed E-state index contributed by atoms with van der Waals surface area (Å²) >= 11 is 0. The van der Waals surface area contributed by atoms with Gasteiger partial charge in [0.15, 0.2) is 0 Å². The molecular formula is C24H32O3. The molecule has 146 valence electrons. The fourth-order valence-electron chi connectivity index (χ4n) is 6.47. The molecule has 0 aromatic heterocycles. The molecule has 1 aromatic rings. The smallest absolute Gasteiger partial charge is 0.133 e. The minimum Gasteiger partial charge on any atom is -0.392 e. The number of rotatable bonds is 4. The van der Waals surface area contributed by atoms with E-state index in [1.165, 1.54) is 0 Å². The quantitative estimate of drug-likeness (QED) is 0.794. The van der Waals surface area contributed by atoms with Crippen molar-refractivity contribution in [3.8, 4) is 0 Å². The first-order valence-corrected chi connectivity index (χ1v) is 10.4. The lowest BCUT2D eigenvalue weighted by atomic mass is 9.43. The fraction of sp³-hybridized carbons (Fsp3) is 0.625. The van der Waals surface area contributed by atoms with Crippen LogP contribution < -0.4 is 0 Å². The van der Waals surface area contributed by atoms with E-state index in [1.807, 2.05) is 18.2 Å². The predicted molar refractivity (Wildman–Crippen MR) is 106 cm³/mol. The molecule has 3 aliphatic rings. The van der Waals surface area contributed by atoms with Crippen LogP contribution in [0.25, 0.3) is 0 Å². The van der Waals surface area contributed by atoms with Gasteiger partial charge in [-0.05, 0) is 48.0 Å². The van der Waals surface area contributed by atoms with Crippen LogP contribution in [0, 0.1) is 28.6 Å². The lowest BCUT2D eigenvalue weighted by Crippen LogP contribution is -2.62. The zero-order valence-electron chi connectivity index (χ0n) is 16.6. The number of aliphatic hydroxyl groups excluding tert-OH is 1. The number of Topliss-reactive ketones (excluding diaryl/α,β-unsaturated/α-hetero) is 1. The first kappa shape index (κ1) is 18.9. The second kappa shape index (κ2) is 7.18. The summed E-state index contributed by atoms with van der Waals surface area (Å²) in [4.78, 5) is 12.4. The summed E-state index contributed by atoms with van der Waals surface area (Å²) in [5.74, 6) is 1.59. The number of fused-ring (bicyclic) bond motifs is 3. The second-order valence-electron chi connectivity index (χ2n) is 9.37. The number of benzene rings is 1. The number of hydrogen-bond donors (Lipinski definition) is 1. The molecule has 1 N–H and O–H groups in total. The largest absolute Gasteiger partial charge is 0.392 e. The van der Waals surface area contributed by atoms with E-state index in [9.17, 15) is 9.90 Å². The number of ether oxygens (including phenoxy) is 1. The Labute approximate surface area is 162 Å². The maximum Gasteiger partial charge on any atom is 0.133 e. The molecule has 0 saturated heterocycles. The topological polar surface area (TPSA) is 46.5 Å². The van der Waals surface area contributed by atoms with Crippen LogP contribution in [0.15, 0.2) is 42.5 Å². The van der Waals surface area contributed by atoms with E-state index in [2.05, 4.69) is 38.1 Å². The normalized spacial score (nSPS) is 41.1. The minimum atomic E-state index is -0.463. The average Bonchev–Trinajstić information content (AvgIpc) is 2.65. The van der Waals surface area contributed by atoms with Gasteiger partial charge in [0, 0.05) is 18.3 Å². The van der Waals surface area contributed by atoms with E-state index in [0.29, 0.717) is 43.8 Å². The minimum absolute atomic E-state index is 0.143. The summed E-state index contributed by atoms with van der Waals surface area (Å²) in [5.41, 5.74) is 0.848. The summed E-state index contributed by atoms with van der Waals surface area (Å²) in [6, 6.07) is 10.1. The van der Waals surface area contributed by atoms with Crippen LogP contribution in [0.1, 0.15) is 51.5 Å². The molecular weight excluding hydrogens is 336 g/mol. The van der Waals surface area contributed by atoms with Crippen molar-refractivity contribution in [1.82, 2.24) is 0 Å². The maximum absolute atomic E-state index is 12.4. The summed E-state index contributed by atoms with van der Waals surface area (Å²) in [6.45, 7) is 5.68. The highest BCUT2D eigenvalue weighted by atomic mass is 16.5. The van der Waals surface area contributed by atoms with E-state index in [4.69, 9.17) is 4.74 Å². The Bertz CT molecular complexity index is 712. The number of hydrogen-bond acceptors (Lipinski definition) is 3. The van der Waals surface area contributed by atoms with Crippen molar-refractivity contribution < 1.29 is 14.6 Å². The Morgan fingerprint density at radius 2 is 2.04 bits per heavy atom. The van der Waals surface area contributed by atoms with E-state index in [1.54, 1.807) is 0 Å². The molecule has 4 rings (SSSR count). The Balaban J connectivity index is 1.60. The van der Waals surface area contributed by atoms with Crippen molar-refractivity contribution in [1.29, 1.82) is 0 Å². The van der Waals surface area contributed by atoms with Gasteiger partial charge >= 0.3 is 0 Å².